The van der Waals surface area contributed by atoms with Gasteiger partial charge in [-0.1, -0.05) is 0 Å². The predicted molar refractivity (Wildman–Crippen MR) is 78.7 cm³/mol. The average molecular weight is 282 g/mol. The van der Waals surface area contributed by atoms with Gasteiger partial charge in [0.1, 0.15) is 0 Å². The van der Waals surface area contributed by atoms with Gasteiger partial charge in [-0.3, -0.25) is 9.79 Å². The molecule has 2 fully saturated rings. The van der Waals surface area contributed by atoms with Gasteiger partial charge in [0.15, 0.2) is 5.96 Å². The fourth-order valence-electron chi connectivity index (χ4n) is 2.95. The molecule has 2 aliphatic heterocycles. The van der Waals surface area contributed by atoms with E-state index in [-0.39, 0.29) is 18.5 Å². The van der Waals surface area contributed by atoms with E-state index in [0.29, 0.717) is 5.41 Å². The summed E-state index contributed by atoms with van der Waals surface area (Å²) in [6, 6.07) is 0.164. The van der Waals surface area contributed by atoms with Crippen LogP contribution in [0.1, 0.15) is 26.7 Å². The van der Waals surface area contributed by atoms with Gasteiger partial charge in [-0.15, -0.1) is 0 Å². The number of rotatable bonds is 3. The van der Waals surface area contributed by atoms with E-state index in [1.54, 1.807) is 7.05 Å². The van der Waals surface area contributed by atoms with E-state index < -0.39 is 0 Å². The summed E-state index contributed by atoms with van der Waals surface area (Å²) in [6.45, 7) is 7.86. The van der Waals surface area contributed by atoms with Crippen LogP contribution in [0.15, 0.2) is 4.99 Å². The van der Waals surface area contributed by atoms with Crippen molar-refractivity contribution in [3.8, 4) is 0 Å². The summed E-state index contributed by atoms with van der Waals surface area (Å²) in [5.74, 6) is 0.812. The molecule has 0 radical (unpaired) electrons. The highest BCUT2D eigenvalue weighted by molar-refractivity contribution is 5.86. The highest BCUT2D eigenvalue weighted by Gasteiger charge is 2.42. The molecule has 2 N–H and O–H groups in total. The minimum atomic E-state index is -0.000685. The Morgan fingerprint density at radius 1 is 1.45 bits per heavy atom. The first kappa shape index (κ1) is 15.1. The number of likely N-dealkylation sites (tertiary alicyclic amines) is 1. The van der Waals surface area contributed by atoms with Crippen LogP contribution in [-0.4, -0.2) is 62.7 Å². The van der Waals surface area contributed by atoms with Crippen LogP contribution < -0.4 is 10.6 Å². The molecule has 0 aliphatic carbocycles. The van der Waals surface area contributed by atoms with Gasteiger partial charge in [0.25, 0.3) is 0 Å². The van der Waals surface area contributed by atoms with Crippen molar-refractivity contribution in [1.29, 1.82) is 0 Å². The molecular formula is C14H26N4O2. The number of aliphatic imine (C=N–C) groups is 1. The molecule has 0 bridgehead atoms. The van der Waals surface area contributed by atoms with Gasteiger partial charge in [-0.25, -0.2) is 0 Å². The van der Waals surface area contributed by atoms with E-state index in [1.165, 1.54) is 0 Å². The summed E-state index contributed by atoms with van der Waals surface area (Å²) in [5, 5.41) is 6.01. The Labute approximate surface area is 121 Å². The molecule has 6 nitrogen and oxygen atoms in total. The van der Waals surface area contributed by atoms with Crippen LogP contribution in [0.5, 0.6) is 0 Å². The topological polar surface area (TPSA) is 66.0 Å². The van der Waals surface area contributed by atoms with Crippen molar-refractivity contribution in [2.45, 2.75) is 32.7 Å². The number of ether oxygens (including phenoxy) is 1. The second kappa shape index (κ2) is 6.43. The van der Waals surface area contributed by atoms with E-state index in [9.17, 15) is 4.79 Å². The van der Waals surface area contributed by atoms with Crippen LogP contribution in [0.3, 0.4) is 0 Å². The maximum absolute atomic E-state index is 11.7. The Bertz CT molecular complexity index is 375. The maximum Gasteiger partial charge on any atom is 0.239 e. The van der Waals surface area contributed by atoms with Gasteiger partial charge in [0.2, 0.25) is 5.91 Å². The molecule has 0 aromatic heterocycles. The molecule has 6 heteroatoms. The van der Waals surface area contributed by atoms with E-state index in [4.69, 9.17) is 4.74 Å². The standard InChI is InChI=1S/C14H26N4O2/c1-11(2)17-12(19)8-16-13(15-3)18-6-4-14(9-18)5-7-20-10-14/h11H,4-10H2,1-3H3,(H,15,16)(H,17,19). The molecule has 1 atom stereocenters. The van der Waals surface area contributed by atoms with Crippen LogP contribution >= 0.6 is 0 Å². The lowest BCUT2D eigenvalue weighted by Gasteiger charge is -2.24. The lowest BCUT2D eigenvalue weighted by Crippen LogP contribution is -2.46. The second-order valence-corrected chi connectivity index (χ2v) is 6.10. The number of hydrogen-bond donors (Lipinski definition) is 2. The van der Waals surface area contributed by atoms with Gasteiger partial charge < -0.3 is 20.3 Å². The Morgan fingerprint density at radius 3 is 2.85 bits per heavy atom. The highest BCUT2D eigenvalue weighted by atomic mass is 16.5. The van der Waals surface area contributed by atoms with Gasteiger partial charge in [0.05, 0.1) is 13.2 Å². The highest BCUT2D eigenvalue weighted by Crippen LogP contribution is 2.37. The molecule has 2 heterocycles. The number of carbonyl (C=O) groups excluding carboxylic acids is 1. The summed E-state index contributed by atoms with van der Waals surface area (Å²) >= 11 is 0. The van der Waals surface area contributed by atoms with Crippen LogP contribution in [0.4, 0.5) is 0 Å². The van der Waals surface area contributed by atoms with E-state index in [2.05, 4.69) is 20.5 Å². The fraction of sp³-hybridized carbons (Fsp3) is 0.857. The molecule has 0 aromatic carbocycles. The summed E-state index contributed by atoms with van der Waals surface area (Å²) < 4.78 is 5.53. The van der Waals surface area contributed by atoms with Crippen LogP contribution in [0.2, 0.25) is 0 Å². The Kier molecular flexibility index (Phi) is 4.86. The summed E-state index contributed by atoms with van der Waals surface area (Å²) in [5.41, 5.74) is 0.303. The van der Waals surface area contributed by atoms with Gasteiger partial charge in [-0.2, -0.15) is 0 Å². The normalized spacial score (nSPS) is 26.6. The molecule has 1 amide bonds. The maximum atomic E-state index is 11.7. The number of guanidine groups is 1. The third kappa shape index (κ3) is 3.62. The van der Waals surface area contributed by atoms with Crippen molar-refractivity contribution in [1.82, 2.24) is 15.5 Å². The second-order valence-electron chi connectivity index (χ2n) is 6.10. The first-order valence-electron chi connectivity index (χ1n) is 7.37. The van der Waals surface area contributed by atoms with E-state index in [0.717, 1.165) is 45.1 Å². The molecule has 1 spiro atoms. The smallest absolute Gasteiger partial charge is 0.239 e. The minimum absolute atomic E-state index is 0.000685. The molecule has 2 rings (SSSR count). The predicted octanol–water partition coefficient (Wildman–Crippen LogP) is 0.199. The number of nitrogens with one attached hydrogen (secondary N) is 2. The number of amides is 1. The Morgan fingerprint density at radius 2 is 2.25 bits per heavy atom. The summed E-state index contributed by atoms with van der Waals surface area (Å²) in [4.78, 5) is 18.2. The molecular weight excluding hydrogens is 256 g/mol. The third-order valence-corrected chi connectivity index (χ3v) is 3.99. The first-order chi connectivity index (χ1) is 9.54. The molecule has 2 aliphatic rings. The Balaban J connectivity index is 1.82. The first-order valence-corrected chi connectivity index (χ1v) is 7.37. The SMILES string of the molecule is CN=C(NCC(=O)NC(C)C)N1CCC2(CCOC2)C1. The molecule has 2 saturated heterocycles. The number of nitrogens with zero attached hydrogens (tertiary/aromatic N) is 2. The quantitative estimate of drug-likeness (QED) is 0.573. The van der Waals surface area contributed by atoms with Gasteiger partial charge >= 0.3 is 0 Å². The lowest BCUT2D eigenvalue weighted by molar-refractivity contribution is -0.120. The third-order valence-electron chi connectivity index (χ3n) is 3.99. The average Bonchev–Trinajstić information content (AvgIpc) is 3.01. The fourth-order valence-corrected chi connectivity index (χ4v) is 2.95. The summed E-state index contributed by atoms with van der Waals surface area (Å²) in [6.07, 6.45) is 2.28. The van der Waals surface area contributed by atoms with Crippen molar-refractivity contribution in [2.75, 3.05) is 39.9 Å². The minimum Gasteiger partial charge on any atom is -0.381 e. The largest absolute Gasteiger partial charge is 0.381 e. The monoisotopic (exact) mass is 282 g/mol. The van der Waals surface area contributed by atoms with Crippen LogP contribution in [0, 0.1) is 5.41 Å². The molecule has 0 saturated carbocycles. The molecule has 1 unspecified atom stereocenters. The number of carbonyl (C=O) groups is 1. The molecule has 0 aromatic rings. The Hall–Kier alpha value is -1.30. The van der Waals surface area contributed by atoms with Gasteiger partial charge in [0, 0.05) is 38.2 Å². The van der Waals surface area contributed by atoms with E-state index in [1.807, 2.05) is 13.8 Å². The summed E-state index contributed by atoms with van der Waals surface area (Å²) in [7, 11) is 1.76. The zero-order chi connectivity index (χ0) is 14.6. The van der Waals surface area contributed by atoms with Crippen molar-refractivity contribution in [2.24, 2.45) is 10.4 Å². The van der Waals surface area contributed by atoms with Gasteiger partial charge in [-0.05, 0) is 26.7 Å². The van der Waals surface area contributed by atoms with E-state index >= 15 is 0 Å². The zero-order valence-electron chi connectivity index (χ0n) is 12.7. The van der Waals surface area contributed by atoms with Crippen molar-refractivity contribution >= 4 is 11.9 Å². The van der Waals surface area contributed by atoms with Crippen LogP contribution in [0.25, 0.3) is 0 Å². The van der Waals surface area contributed by atoms with Crippen molar-refractivity contribution in [3.63, 3.8) is 0 Å². The molecule has 20 heavy (non-hydrogen) atoms. The van der Waals surface area contributed by atoms with Crippen LogP contribution in [-0.2, 0) is 9.53 Å². The van der Waals surface area contributed by atoms with Crippen molar-refractivity contribution < 1.29 is 9.53 Å². The van der Waals surface area contributed by atoms with Crippen molar-refractivity contribution in [3.05, 3.63) is 0 Å². The molecule has 114 valence electrons. The zero-order valence-corrected chi connectivity index (χ0v) is 12.7. The lowest BCUT2D eigenvalue weighted by atomic mass is 9.87. The number of hydrogen-bond acceptors (Lipinski definition) is 3.